The van der Waals surface area contributed by atoms with E-state index in [1.165, 1.54) is 12.1 Å². The fraction of sp³-hybridized carbons (Fsp3) is 0.333. The van der Waals surface area contributed by atoms with Crippen LogP contribution in [0.1, 0.15) is 22.9 Å². The summed E-state index contributed by atoms with van der Waals surface area (Å²) < 4.78 is 18.8. The third kappa shape index (κ3) is 4.75. The van der Waals surface area contributed by atoms with Gasteiger partial charge in [0.15, 0.2) is 5.96 Å². The number of benzene rings is 1. The van der Waals surface area contributed by atoms with Gasteiger partial charge in [-0.05, 0) is 44.0 Å². The number of fused-ring (bicyclic) bond motifs is 1. The molecule has 3 N–H and O–H groups in total. The lowest BCUT2D eigenvalue weighted by Gasteiger charge is -2.10. The van der Waals surface area contributed by atoms with Gasteiger partial charge in [0.05, 0.1) is 12.2 Å². The van der Waals surface area contributed by atoms with Crippen molar-refractivity contribution in [1.29, 1.82) is 0 Å². The minimum atomic E-state index is -0.236. The van der Waals surface area contributed by atoms with E-state index in [4.69, 9.17) is 4.42 Å². The molecule has 3 aromatic rings. The van der Waals surface area contributed by atoms with Crippen molar-refractivity contribution >= 4 is 40.8 Å². The van der Waals surface area contributed by atoms with Gasteiger partial charge in [-0.1, -0.05) is 0 Å². The van der Waals surface area contributed by atoms with Crippen molar-refractivity contribution in [3.05, 3.63) is 53.1 Å². The van der Waals surface area contributed by atoms with E-state index in [0.29, 0.717) is 24.9 Å². The Morgan fingerprint density at radius 2 is 2.12 bits per heavy atom. The molecule has 8 heteroatoms. The summed E-state index contributed by atoms with van der Waals surface area (Å²) in [5.41, 5.74) is 2.85. The van der Waals surface area contributed by atoms with Crippen LogP contribution >= 0.6 is 24.0 Å². The Morgan fingerprint density at radius 1 is 1.31 bits per heavy atom. The van der Waals surface area contributed by atoms with Crippen LogP contribution in [0.4, 0.5) is 4.39 Å². The van der Waals surface area contributed by atoms with Crippen LogP contribution in [-0.2, 0) is 13.0 Å². The van der Waals surface area contributed by atoms with Gasteiger partial charge in [0.2, 0.25) is 5.89 Å². The highest BCUT2D eigenvalue weighted by Gasteiger charge is 2.07. The predicted octanol–water partition coefficient (Wildman–Crippen LogP) is 3.44. The summed E-state index contributed by atoms with van der Waals surface area (Å²) in [6.07, 6.45) is 2.71. The Balaban J connectivity index is 0.00000243. The van der Waals surface area contributed by atoms with Crippen LogP contribution in [0.2, 0.25) is 0 Å². The summed E-state index contributed by atoms with van der Waals surface area (Å²) in [4.78, 5) is 11.6. The lowest BCUT2D eigenvalue weighted by Crippen LogP contribution is -2.37. The smallest absolute Gasteiger partial charge is 0.214 e. The fourth-order valence-corrected chi connectivity index (χ4v) is 2.68. The maximum absolute atomic E-state index is 13.2. The lowest BCUT2D eigenvalue weighted by atomic mass is 10.1. The zero-order valence-corrected chi connectivity index (χ0v) is 17.3. The minimum absolute atomic E-state index is 0. The quantitative estimate of drug-likeness (QED) is 0.303. The maximum atomic E-state index is 13.2. The molecule has 0 spiro atoms. The topological polar surface area (TPSA) is 78.2 Å². The summed E-state index contributed by atoms with van der Waals surface area (Å²) >= 11 is 0. The van der Waals surface area contributed by atoms with Crippen LogP contribution in [-0.4, -0.2) is 29.5 Å². The van der Waals surface area contributed by atoms with Crippen molar-refractivity contribution in [2.75, 3.05) is 13.6 Å². The van der Waals surface area contributed by atoms with Gasteiger partial charge in [-0.15, -0.1) is 24.0 Å². The van der Waals surface area contributed by atoms with Gasteiger partial charge in [0, 0.05) is 30.7 Å². The molecule has 0 saturated heterocycles. The van der Waals surface area contributed by atoms with Gasteiger partial charge < -0.3 is 20.0 Å². The SMILES string of the molecule is CN=C(NCCc1c[nH]c2cc(F)ccc12)NCc1nc(C)c(C)o1.I. The number of guanidine groups is 1. The van der Waals surface area contributed by atoms with Crippen molar-refractivity contribution in [3.63, 3.8) is 0 Å². The highest BCUT2D eigenvalue weighted by Crippen LogP contribution is 2.19. The summed E-state index contributed by atoms with van der Waals surface area (Å²) in [5.74, 6) is 1.91. The van der Waals surface area contributed by atoms with Crippen LogP contribution in [0.3, 0.4) is 0 Å². The Labute approximate surface area is 168 Å². The lowest BCUT2D eigenvalue weighted by molar-refractivity contribution is 0.464. The van der Waals surface area contributed by atoms with Gasteiger partial charge in [-0.2, -0.15) is 0 Å². The highest BCUT2D eigenvalue weighted by atomic mass is 127. The second-order valence-electron chi connectivity index (χ2n) is 5.86. The number of hydrogen-bond donors (Lipinski definition) is 3. The molecule has 0 fully saturated rings. The van der Waals surface area contributed by atoms with Crippen molar-refractivity contribution in [2.24, 2.45) is 4.99 Å². The van der Waals surface area contributed by atoms with Crippen LogP contribution in [0.15, 0.2) is 33.8 Å². The number of aromatic amines is 1. The van der Waals surface area contributed by atoms with Gasteiger partial charge in [0.1, 0.15) is 11.6 Å². The van der Waals surface area contributed by atoms with Crippen molar-refractivity contribution in [2.45, 2.75) is 26.8 Å². The number of nitrogens with one attached hydrogen (secondary N) is 3. The van der Waals surface area contributed by atoms with E-state index in [1.807, 2.05) is 20.0 Å². The Morgan fingerprint density at radius 3 is 2.81 bits per heavy atom. The maximum Gasteiger partial charge on any atom is 0.214 e. The number of aromatic nitrogens is 2. The molecule has 3 rings (SSSR count). The second-order valence-corrected chi connectivity index (χ2v) is 5.86. The highest BCUT2D eigenvalue weighted by molar-refractivity contribution is 14.0. The average Bonchev–Trinajstić information content (AvgIpc) is 3.13. The molecule has 0 aliphatic carbocycles. The molecule has 2 aromatic heterocycles. The molecule has 1 aromatic carbocycles. The average molecular weight is 471 g/mol. The number of rotatable bonds is 5. The van der Waals surface area contributed by atoms with Crippen LogP contribution in [0.5, 0.6) is 0 Å². The number of hydrogen-bond acceptors (Lipinski definition) is 3. The Kier molecular flexibility index (Phi) is 7.01. The molecule has 0 aliphatic rings. The van der Waals surface area contributed by atoms with E-state index in [9.17, 15) is 4.39 Å². The standard InChI is InChI=1S/C18H22FN5O.HI/c1-11-12(2)25-17(24-11)10-23-18(20-3)21-7-6-13-9-22-16-8-14(19)4-5-15(13)16;/h4-5,8-9,22H,6-7,10H2,1-3H3,(H2,20,21,23);1H. The number of nitrogens with zero attached hydrogens (tertiary/aromatic N) is 2. The van der Waals surface area contributed by atoms with Gasteiger partial charge >= 0.3 is 0 Å². The molecule has 0 bridgehead atoms. The minimum Gasteiger partial charge on any atom is -0.444 e. The third-order valence-corrected chi connectivity index (χ3v) is 4.12. The molecule has 0 aliphatic heterocycles. The zero-order chi connectivity index (χ0) is 17.8. The van der Waals surface area contributed by atoms with E-state index in [1.54, 1.807) is 13.1 Å². The van der Waals surface area contributed by atoms with Crippen molar-refractivity contribution in [3.8, 4) is 0 Å². The van der Waals surface area contributed by atoms with Crippen molar-refractivity contribution in [1.82, 2.24) is 20.6 Å². The van der Waals surface area contributed by atoms with Gasteiger partial charge in [0.25, 0.3) is 0 Å². The molecule has 0 unspecified atom stereocenters. The molecule has 0 radical (unpaired) electrons. The molecule has 0 atom stereocenters. The zero-order valence-electron chi connectivity index (χ0n) is 15.0. The van der Waals surface area contributed by atoms with Crippen LogP contribution in [0.25, 0.3) is 10.9 Å². The fourth-order valence-electron chi connectivity index (χ4n) is 2.68. The first-order valence-electron chi connectivity index (χ1n) is 8.19. The molecular weight excluding hydrogens is 448 g/mol. The first-order valence-corrected chi connectivity index (χ1v) is 8.19. The van der Waals surface area contributed by atoms with Gasteiger partial charge in [-0.25, -0.2) is 9.37 Å². The van der Waals surface area contributed by atoms with E-state index in [0.717, 1.165) is 34.3 Å². The Bertz CT molecular complexity index is 883. The molecule has 0 saturated carbocycles. The monoisotopic (exact) mass is 471 g/mol. The number of oxazole rings is 1. The molecule has 2 heterocycles. The van der Waals surface area contributed by atoms with E-state index in [2.05, 4.69) is 25.6 Å². The summed E-state index contributed by atoms with van der Waals surface area (Å²) in [5, 5.41) is 7.47. The van der Waals surface area contributed by atoms with Crippen molar-refractivity contribution < 1.29 is 8.81 Å². The molecule has 6 nitrogen and oxygen atoms in total. The number of aryl methyl sites for hydroxylation is 2. The summed E-state index contributed by atoms with van der Waals surface area (Å²) in [6, 6.07) is 4.79. The first-order chi connectivity index (χ1) is 12.1. The number of H-pyrrole nitrogens is 1. The molecular formula is C18H23FIN5O. The normalized spacial score (nSPS) is 11.5. The third-order valence-electron chi connectivity index (χ3n) is 4.12. The summed E-state index contributed by atoms with van der Waals surface area (Å²) in [6.45, 7) is 4.99. The first kappa shape index (κ1) is 20.2. The summed E-state index contributed by atoms with van der Waals surface area (Å²) in [7, 11) is 1.72. The molecule has 0 amide bonds. The number of halogens is 2. The molecule has 140 valence electrons. The van der Waals surface area contributed by atoms with E-state index < -0.39 is 0 Å². The van der Waals surface area contributed by atoms with Crippen LogP contribution in [0, 0.1) is 19.7 Å². The second kappa shape index (κ2) is 9.02. The van der Waals surface area contributed by atoms with Crippen LogP contribution < -0.4 is 10.6 Å². The predicted molar refractivity (Wildman–Crippen MR) is 112 cm³/mol. The largest absolute Gasteiger partial charge is 0.444 e. The van der Waals surface area contributed by atoms with Gasteiger partial charge in [-0.3, -0.25) is 4.99 Å². The molecule has 26 heavy (non-hydrogen) atoms. The number of aliphatic imine (C=N–C) groups is 1. The van der Waals surface area contributed by atoms with E-state index >= 15 is 0 Å². The van der Waals surface area contributed by atoms with E-state index in [-0.39, 0.29) is 29.8 Å². The Hall–Kier alpha value is -2.10.